The summed E-state index contributed by atoms with van der Waals surface area (Å²) in [7, 11) is 1.47. The van der Waals surface area contributed by atoms with Gasteiger partial charge in [0.1, 0.15) is 11.3 Å². The van der Waals surface area contributed by atoms with Gasteiger partial charge in [-0.05, 0) is 48.0 Å². The molecule has 1 heterocycles. The van der Waals surface area contributed by atoms with E-state index in [0.29, 0.717) is 5.75 Å². The fourth-order valence-corrected chi connectivity index (χ4v) is 3.34. The van der Waals surface area contributed by atoms with Gasteiger partial charge in [-0.3, -0.25) is 14.9 Å². The van der Waals surface area contributed by atoms with Gasteiger partial charge in [-0.15, -0.1) is 0 Å². The van der Waals surface area contributed by atoms with Gasteiger partial charge in [0, 0.05) is 0 Å². The second-order valence-electron chi connectivity index (χ2n) is 6.15. The molecule has 0 aliphatic carbocycles. The molecule has 3 rings (SSSR count). The van der Waals surface area contributed by atoms with Gasteiger partial charge in [-0.25, -0.2) is 14.5 Å². The highest BCUT2D eigenvalue weighted by molar-refractivity contribution is 6.40. The topological polar surface area (TPSA) is 122 Å². The number of halogens is 2. The Morgan fingerprint density at radius 2 is 1.74 bits per heavy atom. The summed E-state index contributed by atoms with van der Waals surface area (Å²) in [6, 6.07) is 7.89. The van der Waals surface area contributed by atoms with E-state index in [1.807, 2.05) is 0 Å². The third-order valence-corrected chi connectivity index (χ3v) is 4.67. The number of anilines is 1. The fourth-order valence-electron chi connectivity index (χ4n) is 2.72. The zero-order valence-electron chi connectivity index (χ0n) is 15.8. The molecule has 1 aliphatic heterocycles. The van der Waals surface area contributed by atoms with Gasteiger partial charge in [-0.1, -0.05) is 23.2 Å². The highest BCUT2D eigenvalue weighted by Gasteiger charge is 2.36. The zero-order chi connectivity index (χ0) is 22.7. The van der Waals surface area contributed by atoms with Crippen LogP contribution in [0.2, 0.25) is 10.0 Å². The Bertz CT molecular complexity index is 1090. The molecule has 2 aromatic rings. The van der Waals surface area contributed by atoms with Crippen LogP contribution < -0.4 is 19.7 Å². The number of urea groups is 1. The Morgan fingerprint density at radius 1 is 1.13 bits per heavy atom. The molecule has 0 unspecified atom stereocenters. The smallest absolute Gasteiger partial charge is 0.341 e. The number of nitrogens with zero attached hydrogens (tertiary/aromatic N) is 1. The van der Waals surface area contributed by atoms with Crippen LogP contribution in [-0.4, -0.2) is 42.6 Å². The summed E-state index contributed by atoms with van der Waals surface area (Å²) in [6.45, 7) is -0.653. The minimum Gasteiger partial charge on any atom is -0.497 e. The number of aliphatic carboxylic acids is 1. The first-order valence-corrected chi connectivity index (χ1v) is 9.36. The van der Waals surface area contributed by atoms with Gasteiger partial charge in [-0.2, -0.15) is 0 Å². The Kier molecular flexibility index (Phi) is 6.47. The summed E-state index contributed by atoms with van der Waals surface area (Å²) in [5.74, 6) is -2.49. The van der Waals surface area contributed by atoms with Crippen molar-refractivity contribution >= 4 is 58.8 Å². The molecule has 160 valence electrons. The maximum Gasteiger partial charge on any atom is 0.341 e. The molecule has 0 aromatic heterocycles. The Morgan fingerprint density at radius 3 is 2.29 bits per heavy atom. The van der Waals surface area contributed by atoms with Crippen LogP contribution in [-0.2, 0) is 14.4 Å². The first kappa shape index (κ1) is 22.1. The number of hydrogen-bond acceptors (Lipinski definition) is 6. The van der Waals surface area contributed by atoms with Gasteiger partial charge in [0.25, 0.3) is 11.8 Å². The number of carboxylic acid groups (broad SMARTS) is 1. The summed E-state index contributed by atoms with van der Waals surface area (Å²) >= 11 is 12.2. The van der Waals surface area contributed by atoms with Gasteiger partial charge >= 0.3 is 12.0 Å². The quantitative estimate of drug-likeness (QED) is 0.497. The monoisotopic (exact) mass is 464 g/mol. The number of rotatable bonds is 6. The van der Waals surface area contributed by atoms with Gasteiger partial charge < -0.3 is 14.6 Å². The van der Waals surface area contributed by atoms with E-state index >= 15 is 0 Å². The molecule has 0 bridgehead atoms. The highest BCUT2D eigenvalue weighted by Crippen LogP contribution is 2.35. The summed E-state index contributed by atoms with van der Waals surface area (Å²) in [6.07, 6.45) is 1.21. The van der Waals surface area contributed by atoms with Crippen molar-refractivity contribution in [3.05, 3.63) is 57.6 Å². The number of barbiturate groups is 1. The molecule has 0 radical (unpaired) electrons. The van der Waals surface area contributed by atoms with Crippen molar-refractivity contribution in [1.29, 1.82) is 0 Å². The number of benzene rings is 2. The van der Waals surface area contributed by atoms with Crippen molar-refractivity contribution in [3.63, 3.8) is 0 Å². The van der Waals surface area contributed by atoms with Crippen LogP contribution >= 0.6 is 23.2 Å². The molecule has 0 atom stereocenters. The van der Waals surface area contributed by atoms with E-state index in [4.69, 9.17) is 37.8 Å². The number of carbonyl (C=O) groups excluding carboxylic acids is 3. The maximum absolute atomic E-state index is 12.9. The third kappa shape index (κ3) is 4.79. The van der Waals surface area contributed by atoms with Crippen LogP contribution in [0.1, 0.15) is 5.56 Å². The lowest BCUT2D eigenvalue weighted by Gasteiger charge is -2.26. The van der Waals surface area contributed by atoms with E-state index in [9.17, 15) is 19.2 Å². The zero-order valence-corrected chi connectivity index (χ0v) is 17.4. The standard InChI is InChI=1S/C20H14Cl2N2O7/c1-30-12-4-2-11(3-5-12)24-19(28)13(18(27)23-20(24)29)6-10-7-14(21)17(15(22)8-10)31-9-16(25)26/h2-8H,9H2,1H3,(H,25,26)(H,23,27,29)/b13-6+. The first-order valence-electron chi connectivity index (χ1n) is 8.60. The molecule has 1 saturated heterocycles. The molecule has 4 amide bonds. The SMILES string of the molecule is COc1ccc(N2C(=O)NC(=O)/C(=C\c3cc(Cl)c(OCC(=O)O)c(Cl)c3)C2=O)cc1. The lowest BCUT2D eigenvalue weighted by molar-refractivity contribution is -0.139. The number of carbonyl (C=O) groups is 4. The van der Waals surface area contributed by atoms with Crippen molar-refractivity contribution in [2.75, 3.05) is 18.6 Å². The van der Waals surface area contributed by atoms with Crippen molar-refractivity contribution < 1.29 is 33.8 Å². The lowest BCUT2D eigenvalue weighted by Crippen LogP contribution is -2.54. The molecule has 2 N–H and O–H groups in total. The van der Waals surface area contributed by atoms with Crippen molar-refractivity contribution in [1.82, 2.24) is 5.32 Å². The normalized spacial score (nSPS) is 15.1. The van der Waals surface area contributed by atoms with E-state index in [0.717, 1.165) is 4.90 Å². The number of nitrogens with one attached hydrogen (secondary N) is 1. The van der Waals surface area contributed by atoms with Gasteiger partial charge in [0.15, 0.2) is 12.4 Å². The first-order chi connectivity index (χ1) is 14.7. The summed E-state index contributed by atoms with van der Waals surface area (Å²) in [4.78, 5) is 48.9. The molecule has 11 heteroatoms. The number of ether oxygens (including phenoxy) is 2. The van der Waals surface area contributed by atoms with Crippen LogP contribution in [0.3, 0.4) is 0 Å². The summed E-state index contributed by atoms with van der Waals surface area (Å²) in [5.41, 5.74) is 0.164. The predicted molar refractivity (Wildman–Crippen MR) is 112 cm³/mol. The number of amides is 4. The van der Waals surface area contributed by atoms with E-state index in [2.05, 4.69) is 5.32 Å². The van der Waals surface area contributed by atoms with Crippen LogP contribution in [0, 0.1) is 0 Å². The highest BCUT2D eigenvalue weighted by atomic mass is 35.5. The second kappa shape index (κ2) is 9.07. The number of imide groups is 2. The number of carboxylic acids is 1. The predicted octanol–water partition coefficient (Wildman–Crippen LogP) is 3.13. The van der Waals surface area contributed by atoms with E-state index < -0.39 is 30.4 Å². The number of hydrogen-bond donors (Lipinski definition) is 2. The van der Waals surface area contributed by atoms with Crippen molar-refractivity contribution in [2.24, 2.45) is 0 Å². The fraction of sp³-hybridized carbons (Fsp3) is 0.100. The van der Waals surface area contributed by atoms with E-state index in [1.165, 1.54) is 37.5 Å². The van der Waals surface area contributed by atoms with Crippen LogP contribution in [0.15, 0.2) is 42.0 Å². The average molecular weight is 465 g/mol. The molecule has 0 spiro atoms. The molecule has 9 nitrogen and oxygen atoms in total. The molecule has 0 saturated carbocycles. The van der Waals surface area contributed by atoms with Gasteiger partial charge in [0.05, 0.1) is 22.8 Å². The minimum absolute atomic E-state index is 0.0210. The van der Waals surface area contributed by atoms with Crippen LogP contribution in [0.25, 0.3) is 6.08 Å². The second-order valence-corrected chi connectivity index (χ2v) is 6.97. The van der Waals surface area contributed by atoms with E-state index in [-0.39, 0.29) is 32.6 Å². The summed E-state index contributed by atoms with van der Waals surface area (Å²) in [5, 5.41) is 10.8. The van der Waals surface area contributed by atoms with E-state index in [1.54, 1.807) is 12.1 Å². The molecule has 2 aromatic carbocycles. The maximum atomic E-state index is 12.9. The molecular formula is C20H14Cl2N2O7. The van der Waals surface area contributed by atoms with Crippen molar-refractivity contribution in [2.45, 2.75) is 0 Å². The molecule has 1 aliphatic rings. The Hall–Kier alpha value is -3.56. The van der Waals surface area contributed by atoms with Gasteiger partial charge in [0.2, 0.25) is 0 Å². The largest absolute Gasteiger partial charge is 0.497 e. The number of methoxy groups -OCH3 is 1. The molecule has 1 fully saturated rings. The summed E-state index contributed by atoms with van der Waals surface area (Å²) < 4.78 is 10.1. The van der Waals surface area contributed by atoms with Crippen LogP contribution in [0.5, 0.6) is 11.5 Å². The van der Waals surface area contributed by atoms with Crippen molar-refractivity contribution in [3.8, 4) is 11.5 Å². The lowest BCUT2D eigenvalue weighted by atomic mass is 10.1. The molecular weight excluding hydrogens is 451 g/mol. The Labute approximate surface area is 185 Å². The third-order valence-electron chi connectivity index (χ3n) is 4.10. The van der Waals surface area contributed by atoms with Crippen LogP contribution in [0.4, 0.5) is 10.5 Å². The Balaban J connectivity index is 1.95. The molecule has 31 heavy (non-hydrogen) atoms. The minimum atomic E-state index is -1.22. The average Bonchev–Trinajstić information content (AvgIpc) is 2.70.